The van der Waals surface area contributed by atoms with Crippen LogP contribution in [-0.2, 0) is 0 Å². The van der Waals surface area contributed by atoms with Gasteiger partial charge in [0.15, 0.2) is 5.78 Å². The average molecular weight is 407 g/mol. The number of benzene rings is 2. The van der Waals surface area contributed by atoms with Crippen LogP contribution in [0, 0.1) is 0 Å². The second-order valence-electron chi connectivity index (χ2n) is 6.23. The van der Waals surface area contributed by atoms with Crippen molar-refractivity contribution in [3.63, 3.8) is 0 Å². The fraction of sp³-hybridized carbons (Fsp3) is 0.136. The third-order valence-corrected chi connectivity index (χ3v) is 6.59. The number of ether oxygens (including phenoxy) is 1. The minimum absolute atomic E-state index is 0.0675. The minimum atomic E-state index is -0.258. The Kier molecular flexibility index (Phi) is 5.41. The van der Waals surface area contributed by atoms with E-state index < -0.39 is 0 Å². The molecule has 4 rings (SSSR count). The van der Waals surface area contributed by atoms with Crippen molar-refractivity contribution in [2.45, 2.75) is 17.2 Å². The number of methoxy groups -OCH3 is 1. The molecule has 0 radical (unpaired) electrons. The predicted molar refractivity (Wildman–Crippen MR) is 115 cm³/mol. The van der Waals surface area contributed by atoms with Gasteiger partial charge >= 0.3 is 0 Å². The Morgan fingerprint density at radius 3 is 2.54 bits per heavy atom. The molecule has 0 spiro atoms. The van der Waals surface area contributed by atoms with Gasteiger partial charge in [0, 0.05) is 15.8 Å². The zero-order valence-electron chi connectivity index (χ0n) is 15.5. The zero-order valence-corrected chi connectivity index (χ0v) is 17.1. The summed E-state index contributed by atoms with van der Waals surface area (Å²) >= 11 is 3.11. The number of hydrogen-bond donors (Lipinski definition) is 0. The standard InChI is InChI=1S/C22H18N2O2S2/c1-14(20(25)16-8-10-17(26-2)11-9-16)27-21-18-12-19(15-6-4-3-5-7-15)28-22(18)24-13-23-21/h3-14H,1-2H3/t14-/m1/s1. The van der Waals surface area contributed by atoms with Crippen LogP contribution in [0.25, 0.3) is 20.7 Å². The molecule has 0 aliphatic heterocycles. The molecule has 0 fully saturated rings. The summed E-state index contributed by atoms with van der Waals surface area (Å²) in [5, 5.41) is 1.56. The van der Waals surface area contributed by atoms with Crippen LogP contribution in [0.3, 0.4) is 0 Å². The SMILES string of the molecule is COc1ccc(C(=O)[C@@H](C)Sc2ncnc3sc(-c4ccccc4)cc23)cc1. The zero-order chi connectivity index (χ0) is 19.5. The summed E-state index contributed by atoms with van der Waals surface area (Å²) in [6.45, 7) is 1.91. The van der Waals surface area contributed by atoms with Crippen LogP contribution >= 0.6 is 23.1 Å². The van der Waals surface area contributed by atoms with Crippen molar-refractivity contribution in [1.29, 1.82) is 0 Å². The van der Waals surface area contributed by atoms with Gasteiger partial charge in [-0.15, -0.1) is 11.3 Å². The lowest BCUT2D eigenvalue weighted by Gasteiger charge is -2.10. The van der Waals surface area contributed by atoms with Crippen LogP contribution in [0.5, 0.6) is 5.75 Å². The molecule has 2 aromatic carbocycles. The van der Waals surface area contributed by atoms with E-state index in [2.05, 4.69) is 28.2 Å². The van der Waals surface area contributed by atoms with Gasteiger partial charge in [-0.05, 0) is 42.8 Å². The van der Waals surface area contributed by atoms with Crippen LogP contribution in [0.1, 0.15) is 17.3 Å². The van der Waals surface area contributed by atoms with Gasteiger partial charge in [-0.3, -0.25) is 4.79 Å². The van der Waals surface area contributed by atoms with E-state index in [-0.39, 0.29) is 11.0 Å². The van der Waals surface area contributed by atoms with Crippen LogP contribution < -0.4 is 4.74 Å². The molecular weight excluding hydrogens is 388 g/mol. The molecule has 28 heavy (non-hydrogen) atoms. The van der Waals surface area contributed by atoms with Gasteiger partial charge in [-0.25, -0.2) is 9.97 Å². The predicted octanol–water partition coefficient (Wildman–Crippen LogP) is 5.73. The van der Waals surface area contributed by atoms with Gasteiger partial charge in [0.2, 0.25) is 0 Å². The molecule has 2 heterocycles. The van der Waals surface area contributed by atoms with Gasteiger partial charge in [-0.2, -0.15) is 0 Å². The number of Topliss-reactive ketones (excluding diaryl/α,β-unsaturated/α-hetero) is 1. The maximum absolute atomic E-state index is 12.8. The summed E-state index contributed by atoms with van der Waals surface area (Å²) in [7, 11) is 1.61. The number of hydrogen-bond acceptors (Lipinski definition) is 6. The summed E-state index contributed by atoms with van der Waals surface area (Å²) < 4.78 is 5.16. The number of rotatable bonds is 6. The van der Waals surface area contributed by atoms with Crippen LogP contribution in [0.4, 0.5) is 0 Å². The highest BCUT2D eigenvalue weighted by atomic mass is 32.2. The number of carbonyl (C=O) groups is 1. The molecular formula is C22H18N2O2S2. The quantitative estimate of drug-likeness (QED) is 0.232. The van der Waals surface area contributed by atoms with E-state index in [1.807, 2.05) is 25.1 Å². The Morgan fingerprint density at radius 1 is 1.07 bits per heavy atom. The largest absolute Gasteiger partial charge is 0.497 e. The van der Waals surface area contributed by atoms with Crippen LogP contribution in [0.15, 0.2) is 72.0 Å². The first kappa shape index (κ1) is 18.7. The molecule has 140 valence electrons. The maximum atomic E-state index is 12.8. The van der Waals surface area contributed by atoms with Crippen molar-refractivity contribution in [3.05, 3.63) is 72.6 Å². The molecule has 6 heteroatoms. The molecule has 4 aromatic rings. The van der Waals surface area contributed by atoms with Gasteiger partial charge < -0.3 is 4.74 Å². The lowest BCUT2D eigenvalue weighted by Crippen LogP contribution is -2.13. The third kappa shape index (κ3) is 3.79. The highest BCUT2D eigenvalue weighted by Gasteiger charge is 2.19. The van der Waals surface area contributed by atoms with E-state index in [9.17, 15) is 4.79 Å². The second kappa shape index (κ2) is 8.12. The molecule has 0 bridgehead atoms. The molecule has 0 aliphatic rings. The number of thioether (sulfide) groups is 1. The number of ketones is 1. The fourth-order valence-electron chi connectivity index (χ4n) is 2.88. The molecule has 1 atom stereocenters. The lowest BCUT2D eigenvalue weighted by molar-refractivity contribution is 0.0994. The van der Waals surface area contributed by atoms with E-state index in [4.69, 9.17) is 4.74 Å². The van der Waals surface area contributed by atoms with Crippen molar-refractivity contribution in [2.75, 3.05) is 7.11 Å². The lowest BCUT2D eigenvalue weighted by atomic mass is 10.1. The van der Waals surface area contributed by atoms with E-state index in [0.717, 1.165) is 31.4 Å². The van der Waals surface area contributed by atoms with Crippen molar-refractivity contribution in [2.24, 2.45) is 0 Å². The highest BCUT2D eigenvalue weighted by Crippen LogP contribution is 2.37. The molecule has 0 saturated heterocycles. The number of nitrogens with zero attached hydrogens (tertiary/aromatic N) is 2. The van der Waals surface area contributed by atoms with E-state index in [0.29, 0.717) is 5.56 Å². The van der Waals surface area contributed by atoms with E-state index in [1.165, 1.54) is 11.8 Å². The molecule has 4 nitrogen and oxygen atoms in total. The van der Waals surface area contributed by atoms with E-state index in [1.54, 1.807) is 49.0 Å². The first-order valence-electron chi connectivity index (χ1n) is 8.80. The van der Waals surface area contributed by atoms with Gasteiger partial charge in [-0.1, -0.05) is 42.1 Å². The van der Waals surface area contributed by atoms with Crippen molar-refractivity contribution in [3.8, 4) is 16.2 Å². The van der Waals surface area contributed by atoms with Gasteiger partial charge in [0.1, 0.15) is 21.9 Å². The molecule has 0 aliphatic carbocycles. The van der Waals surface area contributed by atoms with Crippen LogP contribution in [-0.4, -0.2) is 28.1 Å². The molecule has 0 amide bonds. The Labute approximate surface area is 171 Å². The summed E-state index contributed by atoms with van der Waals surface area (Å²) in [6, 6.07) is 19.5. The first-order chi connectivity index (χ1) is 13.7. The van der Waals surface area contributed by atoms with Crippen molar-refractivity contribution >= 4 is 39.1 Å². The number of carbonyl (C=O) groups excluding carboxylic acids is 1. The smallest absolute Gasteiger partial charge is 0.175 e. The number of aromatic nitrogens is 2. The summed E-state index contributed by atoms with van der Waals surface area (Å²) in [6.07, 6.45) is 1.57. The van der Waals surface area contributed by atoms with Crippen LogP contribution in [0.2, 0.25) is 0 Å². The fourth-order valence-corrected chi connectivity index (χ4v) is 4.92. The van der Waals surface area contributed by atoms with Gasteiger partial charge in [0.25, 0.3) is 0 Å². The molecule has 2 aromatic heterocycles. The Balaban J connectivity index is 1.60. The first-order valence-corrected chi connectivity index (χ1v) is 10.5. The molecule has 0 N–H and O–H groups in total. The molecule has 0 saturated carbocycles. The number of thiophene rings is 1. The number of fused-ring (bicyclic) bond motifs is 1. The summed E-state index contributed by atoms with van der Waals surface area (Å²) in [5.74, 6) is 0.805. The highest BCUT2D eigenvalue weighted by molar-refractivity contribution is 8.00. The van der Waals surface area contributed by atoms with Crippen molar-refractivity contribution < 1.29 is 9.53 Å². The topological polar surface area (TPSA) is 52.1 Å². The van der Waals surface area contributed by atoms with Crippen molar-refractivity contribution in [1.82, 2.24) is 9.97 Å². The Morgan fingerprint density at radius 2 is 1.82 bits per heavy atom. The molecule has 0 unspecified atom stereocenters. The summed E-state index contributed by atoms with van der Waals surface area (Å²) in [5.41, 5.74) is 1.82. The van der Waals surface area contributed by atoms with E-state index >= 15 is 0 Å². The maximum Gasteiger partial charge on any atom is 0.175 e. The summed E-state index contributed by atoms with van der Waals surface area (Å²) in [4.78, 5) is 23.7. The minimum Gasteiger partial charge on any atom is -0.497 e. The Hall–Kier alpha value is -2.70. The monoisotopic (exact) mass is 406 g/mol. The normalized spacial score (nSPS) is 12.1. The average Bonchev–Trinajstić information content (AvgIpc) is 3.19. The third-order valence-electron chi connectivity index (χ3n) is 4.38. The van der Waals surface area contributed by atoms with Gasteiger partial charge in [0.05, 0.1) is 12.4 Å². The Bertz CT molecular complexity index is 1110. The second-order valence-corrected chi connectivity index (χ2v) is 8.59.